The van der Waals surface area contributed by atoms with E-state index in [0.717, 1.165) is 35.1 Å². The van der Waals surface area contributed by atoms with Crippen LogP contribution in [0.1, 0.15) is 25.5 Å². The van der Waals surface area contributed by atoms with Gasteiger partial charge in [-0.1, -0.05) is 31.2 Å². The average molecular weight is 264 g/mol. The summed E-state index contributed by atoms with van der Waals surface area (Å²) in [4.78, 5) is 0. The number of benzene rings is 1. The van der Waals surface area contributed by atoms with Crippen LogP contribution in [-0.4, -0.2) is 22.1 Å². The molecule has 1 aromatic carbocycles. The predicted molar refractivity (Wildman–Crippen MR) is 77.3 cm³/mol. The molecule has 0 saturated heterocycles. The zero-order valence-electron chi connectivity index (χ0n) is 10.8. The quantitative estimate of drug-likeness (QED) is 0.835. The van der Waals surface area contributed by atoms with E-state index in [1.165, 1.54) is 0 Å². The van der Waals surface area contributed by atoms with Crippen LogP contribution >= 0.6 is 11.6 Å². The van der Waals surface area contributed by atoms with E-state index in [4.69, 9.17) is 11.6 Å². The second-order valence-corrected chi connectivity index (χ2v) is 4.78. The topological polar surface area (TPSA) is 37.8 Å². The van der Waals surface area contributed by atoms with Gasteiger partial charge in [0.25, 0.3) is 0 Å². The highest BCUT2D eigenvalue weighted by Gasteiger charge is 2.10. The summed E-state index contributed by atoms with van der Waals surface area (Å²) in [5, 5.41) is 14.2. The molecule has 0 amide bonds. The molecule has 1 atom stereocenters. The molecule has 2 rings (SSSR count). The highest BCUT2D eigenvalue weighted by molar-refractivity contribution is 6.17. The van der Waals surface area contributed by atoms with Crippen LogP contribution in [0.2, 0.25) is 0 Å². The van der Waals surface area contributed by atoms with Crippen LogP contribution in [0.5, 0.6) is 0 Å². The second kappa shape index (κ2) is 6.01. The molecule has 0 fully saturated rings. The van der Waals surface area contributed by atoms with Crippen LogP contribution in [0, 0.1) is 6.92 Å². The number of nitrogens with zero attached hydrogens (tertiary/aromatic N) is 2. The van der Waals surface area contributed by atoms with Gasteiger partial charge in [-0.25, -0.2) is 0 Å². The lowest BCUT2D eigenvalue weighted by atomic mass is 10.1. The third kappa shape index (κ3) is 2.72. The van der Waals surface area contributed by atoms with E-state index in [-0.39, 0.29) is 0 Å². The van der Waals surface area contributed by atoms with Crippen molar-refractivity contribution < 1.29 is 0 Å². The van der Waals surface area contributed by atoms with Crippen molar-refractivity contribution >= 4 is 28.2 Å². The van der Waals surface area contributed by atoms with Crippen LogP contribution in [-0.2, 0) is 0 Å². The number of halogens is 1. The minimum atomic E-state index is 0.350. The molecular weight excluding hydrogens is 246 g/mol. The lowest BCUT2D eigenvalue weighted by Gasteiger charge is -2.17. The van der Waals surface area contributed by atoms with Crippen molar-refractivity contribution in [1.82, 2.24) is 10.2 Å². The van der Waals surface area contributed by atoms with Gasteiger partial charge < -0.3 is 5.32 Å². The Bertz CT molecular complexity index is 527. The van der Waals surface area contributed by atoms with Gasteiger partial charge in [-0.3, -0.25) is 0 Å². The lowest BCUT2D eigenvalue weighted by Crippen LogP contribution is -2.20. The second-order valence-electron chi connectivity index (χ2n) is 4.41. The van der Waals surface area contributed by atoms with E-state index >= 15 is 0 Å². The Balaban J connectivity index is 2.36. The predicted octanol–water partition coefficient (Wildman–Crippen LogP) is 3.76. The molecule has 18 heavy (non-hydrogen) atoms. The Morgan fingerprint density at radius 1 is 1.22 bits per heavy atom. The van der Waals surface area contributed by atoms with Gasteiger partial charge in [-0.15, -0.1) is 16.7 Å². The van der Waals surface area contributed by atoms with Gasteiger partial charge in [0.2, 0.25) is 0 Å². The molecule has 2 aromatic rings. The maximum Gasteiger partial charge on any atom is 0.156 e. The summed E-state index contributed by atoms with van der Waals surface area (Å²) in [6.07, 6.45) is 1.96. The zero-order valence-corrected chi connectivity index (χ0v) is 11.5. The van der Waals surface area contributed by atoms with Crippen LogP contribution in [0.3, 0.4) is 0 Å². The first-order valence-corrected chi connectivity index (χ1v) is 6.84. The molecule has 1 unspecified atom stereocenters. The summed E-state index contributed by atoms with van der Waals surface area (Å²) in [7, 11) is 0. The summed E-state index contributed by atoms with van der Waals surface area (Å²) in [5.41, 5.74) is 0.960. The van der Waals surface area contributed by atoms with Crippen molar-refractivity contribution in [2.24, 2.45) is 0 Å². The fourth-order valence-corrected chi connectivity index (χ4v) is 2.31. The molecule has 0 radical (unpaired) electrons. The van der Waals surface area contributed by atoms with E-state index < -0.39 is 0 Å². The number of aromatic nitrogens is 2. The van der Waals surface area contributed by atoms with E-state index in [0.29, 0.717) is 11.9 Å². The third-order valence-electron chi connectivity index (χ3n) is 3.16. The Labute approximate surface area is 113 Å². The fourth-order valence-electron chi connectivity index (χ4n) is 2.05. The molecule has 0 aliphatic carbocycles. The fraction of sp³-hybridized carbons (Fsp3) is 0.429. The smallest absolute Gasteiger partial charge is 0.156 e. The first-order chi connectivity index (χ1) is 8.76. The highest BCUT2D eigenvalue weighted by Crippen LogP contribution is 2.23. The first kappa shape index (κ1) is 13.1. The summed E-state index contributed by atoms with van der Waals surface area (Å²) in [5.74, 6) is 1.51. The maximum atomic E-state index is 5.81. The molecule has 0 aliphatic heterocycles. The monoisotopic (exact) mass is 263 g/mol. The minimum absolute atomic E-state index is 0.350. The van der Waals surface area contributed by atoms with Crippen molar-refractivity contribution in [1.29, 1.82) is 0 Å². The number of hydrogen-bond acceptors (Lipinski definition) is 3. The summed E-state index contributed by atoms with van der Waals surface area (Å²) in [6.45, 7) is 4.13. The molecule has 1 N–H and O–H groups in total. The molecule has 4 heteroatoms. The Morgan fingerprint density at radius 3 is 2.61 bits per heavy atom. The number of anilines is 1. The van der Waals surface area contributed by atoms with Crippen molar-refractivity contribution in [2.45, 2.75) is 32.7 Å². The van der Waals surface area contributed by atoms with E-state index in [1.807, 2.05) is 19.1 Å². The number of aryl methyl sites for hydroxylation is 1. The average Bonchev–Trinajstić information content (AvgIpc) is 2.41. The SMILES string of the molecule is CCC(CCCl)Nc1nnc(C)c2ccccc12. The highest BCUT2D eigenvalue weighted by atomic mass is 35.5. The summed E-state index contributed by atoms with van der Waals surface area (Å²) in [6, 6.07) is 8.55. The largest absolute Gasteiger partial charge is 0.365 e. The van der Waals surface area contributed by atoms with Gasteiger partial charge in [-0.2, -0.15) is 5.10 Å². The first-order valence-electron chi connectivity index (χ1n) is 6.30. The van der Waals surface area contributed by atoms with Crippen LogP contribution in [0.15, 0.2) is 24.3 Å². The number of hydrogen-bond donors (Lipinski definition) is 1. The molecule has 0 saturated carbocycles. The van der Waals surface area contributed by atoms with Crippen molar-refractivity contribution in [2.75, 3.05) is 11.2 Å². The number of rotatable bonds is 5. The molecule has 1 aromatic heterocycles. The minimum Gasteiger partial charge on any atom is -0.365 e. The van der Waals surface area contributed by atoms with Crippen molar-refractivity contribution in [3.63, 3.8) is 0 Å². The van der Waals surface area contributed by atoms with Crippen LogP contribution in [0.4, 0.5) is 5.82 Å². The normalized spacial score (nSPS) is 12.6. The molecular formula is C14H18ClN3. The van der Waals surface area contributed by atoms with Gasteiger partial charge >= 0.3 is 0 Å². The number of nitrogens with one attached hydrogen (secondary N) is 1. The third-order valence-corrected chi connectivity index (χ3v) is 3.38. The number of alkyl halides is 1. The van der Waals surface area contributed by atoms with Crippen LogP contribution < -0.4 is 5.32 Å². The molecule has 0 aliphatic rings. The van der Waals surface area contributed by atoms with Gasteiger partial charge in [0.05, 0.1) is 5.69 Å². The van der Waals surface area contributed by atoms with Gasteiger partial charge in [0, 0.05) is 22.7 Å². The molecule has 3 nitrogen and oxygen atoms in total. The van der Waals surface area contributed by atoms with Crippen molar-refractivity contribution in [3.8, 4) is 0 Å². The molecule has 96 valence electrons. The van der Waals surface area contributed by atoms with Gasteiger partial charge in [-0.05, 0) is 19.8 Å². The Kier molecular flexibility index (Phi) is 4.37. The van der Waals surface area contributed by atoms with E-state index in [2.05, 4.69) is 34.6 Å². The van der Waals surface area contributed by atoms with Crippen molar-refractivity contribution in [3.05, 3.63) is 30.0 Å². The Morgan fingerprint density at radius 2 is 1.94 bits per heavy atom. The Hall–Kier alpha value is -1.35. The zero-order chi connectivity index (χ0) is 13.0. The van der Waals surface area contributed by atoms with E-state index in [9.17, 15) is 0 Å². The summed E-state index contributed by atoms with van der Waals surface area (Å²) < 4.78 is 0. The van der Waals surface area contributed by atoms with Crippen LogP contribution in [0.25, 0.3) is 10.8 Å². The lowest BCUT2D eigenvalue weighted by molar-refractivity contribution is 0.671. The maximum absolute atomic E-state index is 5.81. The van der Waals surface area contributed by atoms with E-state index in [1.54, 1.807) is 0 Å². The van der Waals surface area contributed by atoms with Gasteiger partial charge in [0.1, 0.15) is 0 Å². The molecule has 0 bridgehead atoms. The van der Waals surface area contributed by atoms with Gasteiger partial charge in [0.15, 0.2) is 5.82 Å². The molecule has 1 heterocycles. The standard InChI is InChI=1S/C14H18ClN3/c1-3-11(8-9-15)16-14-13-7-5-4-6-12(13)10(2)17-18-14/h4-7,11H,3,8-9H2,1-2H3,(H,16,18). The molecule has 0 spiro atoms. The summed E-state index contributed by atoms with van der Waals surface area (Å²) >= 11 is 5.81. The number of fused-ring (bicyclic) bond motifs is 1.